The van der Waals surface area contributed by atoms with E-state index in [9.17, 15) is 59.6 Å². The number of nitro benzene ring substituents is 1. The van der Waals surface area contributed by atoms with Crippen LogP contribution in [0.1, 0.15) is 104 Å². The number of fused-ring (bicyclic) bond motifs is 5. The van der Waals surface area contributed by atoms with Gasteiger partial charge >= 0.3 is 0 Å². The zero-order valence-corrected chi connectivity index (χ0v) is 63.9. The summed E-state index contributed by atoms with van der Waals surface area (Å²) in [6.45, 7) is 21.4. The minimum atomic E-state index is -0.383. The minimum absolute atomic E-state index is 0.159. The van der Waals surface area contributed by atoms with Crippen molar-refractivity contribution in [2.24, 2.45) is 0 Å². The average Bonchev–Trinajstić information content (AvgIpc) is 1.48. The first kappa shape index (κ1) is 78.8. The molecule has 109 heavy (non-hydrogen) atoms. The third-order valence-electron chi connectivity index (χ3n) is 20.5. The molecule has 16 rings (SSSR count). The Morgan fingerprint density at radius 3 is 1.09 bits per heavy atom. The smallest absolute Gasteiger partial charge is 0.272 e. The lowest BCUT2D eigenvalue weighted by Crippen LogP contribution is -2.35. The Hall–Kier alpha value is -9.79. The van der Waals surface area contributed by atoms with Crippen molar-refractivity contribution >= 4 is 52.1 Å². The summed E-state index contributed by atoms with van der Waals surface area (Å²) in [7, 11) is 0. The number of pyridine rings is 5. The molecule has 5 aromatic heterocycles. The monoisotopic (exact) mass is 1560 g/mol. The van der Waals surface area contributed by atoms with Crippen LogP contribution >= 0.6 is 46.4 Å². The fraction of sp³-hybridized carbons (Fsp3) is 0.329. The maximum Gasteiger partial charge on any atom is 0.272 e. The van der Waals surface area contributed by atoms with Gasteiger partial charge in [0.1, 0.15) is 0 Å². The Morgan fingerprint density at radius 2 is 0.734 bits per heavy atom. The molecule has 0 spiro atoms. The van der Waals surface area contributed by atoms with Crippen molar-refractivity contribution in [3.63, 3.8) is 0 Å². The van der Waals surface area contributed by atoms with Crippen molar-refractivity contribution in [1.29, 1.82) is 0 Å². The molecule has 1 saturated carbocycles. The van der Waals surface area contributed by atoms with Crippen molar-refractivity contribution in [3.8, 4) is 28.7 Å². The van der Waals surface area contributed by atoms with Gasteiger partial charge in [-0.1, -0.05) is 114 Å². The van der Waals surface area contributed by atoms with Crippen LogP contribution in [0.15, 0.2) is 182 Å². The fourth-order valence-electron chi connectivity index (χ4n) is 14.4. The van der Waals surface area contributed by atoms with Crippen molar-refractivity contribution in [3.05, 3.63) is 318 Å². The molecule has 6 aliphatic rings. The van der Waals surface area contributed by atoms with Crippen LogP contribution in [0.25, 0.3) is 0 Å². The van der Waals surface area contributed by atoms with Gasteiger partial charge in [-0.2, -0.15) is 0 Å². The van der Waals surface area contributed by atoms with E-state index in [0.29, 0.717) is 59.2 Å². The third kappa shape index (κ3) is 20.6. The number of nitrogens with zero attached hydrogens (tertiary/aromatic N) is 11. The molecule has 5 aromatic carbocycles. The Morgan fingerprint density at radius 1 is 0.394 bits per heavy atom. The number of aryl methyl sites for hydroxylation is 3. The predicted molar refractivity (Wildman–Crippen MR) is 422 cm³/mol. The summed E-state index contributed by atoms with van der Waals surface area (Å²) < 4.78 is 9.65. The van der Waals surface area contributed by atoms with Crippen molar-refractivity contribution in [2.45, 2.75) is 144 Å². The van der Waals surface area contributed by atoms with Gasteiger partial charge in [0.05, 0.1) is 46.0 Å². The van der Waals surface area contributed by atoms with E-state index in [1.807, 2.05) is 66.2 Å². The molecule has 0 atom stereocenters. The number of aromatic nitrogens is 5. The zero-order valence-electron chi connectivity index (χ0n) is 60.9. The molecule has 0 saturated heterocycles. The highest BCUT2D eigenvalue weighted by molar-refractivity contribution is 6.42. The molecular weight excluding hydrogens is 1470 g/mol. The summed E-state index contributed by atoms with van der Waals surface area (Å²) in [6.07, 6.45) is 10.9. The van der Waals surface area contributed by atoms with Gasteiger partial charge in [0, 0.05) is 211 Å². The summed E-state index contributed by atoms with van der Waals surface area (Å²) >= 11 is 24.0. The molecule has 0 radical (unpaired) electrons. The van der Waals surface area contributed by atoms with E-state index in [-0.39, 0.29) is 66.5 Å². The van der Waals surface area contributed by atoms with Gasteiger partial charge in [-0.25, -0.2) is 0 Å². The lowest BCUT2D eigenvalue weighted by molar-refractivity contribution is -0.385. The summed E-state index contributed by atoms with van der Waals surface area (Å²) in [5.74, 6) is -0.159. The van der Waals surface area contributed by atoms with Crippen molar-refractivity contribution < 1.29 is 30.5 Å². The van der Waals surface area contributed by atoms with Gasteiger partial charge in [0.2, 0.25) is 27.1 Å². The highest BCUT2D eigenvalue weighted by Gasteiger charge is 2.26. The number of benzene rings is 5. The molecule has 0 bridgehead atoms. The summed E-state index contributed by atoms with van der Waals surface area (Å²) in [5, 5.41) is 61.0. The molecule has 5 aliphatic heterocycles. The largest absolute Gasteiger partial charge is 0.503 e. The van der Waals surface area contributed by atoms with Gasteiger partial charge in [0.15, 0.2) is 28.7 Å². The van der Waals surface area contributed by atoms with Gasteiger partial charge in [-0.05, 0) is 114 Å². The number of hydrogen-bond acceptors (Lipinski definition) is 17. The molecule has 10 heterocycles. The first-order chi connectivity index (χ1) is 52.2. The fourth-order valence-corrected chi connectivity index (χ4v) is 15.3. The Balaban J connectivity index is 0.000000127. The first-order valence-electron chi connectivity index (χ1n) is 36.3. The maximum atomic E-state index is 11.6. The van der Waals surface area contributed by atoms with E-state index in [2.05, 4.69) is 80.8 Å². The standard InChI is InChI=1S/C18H20N2O2.C17H19N3O4.C17H20N2O2.2C15H14Cl2N2O2/c21-17-9-16-11-19(7-8-20(16)12-18(17)22)10-13-1-3-14(4-2-13)15-5-6-15;1-2-13-4-3-12(7-15(13)20(23)24)9-18-5-6-19-11-17(22)16(21)8-14(19)10-18;1-12-4-3-5-13(2)15(12)10-18-6-7-19-11-17(21)16(20)8-14(19)9-18;16-11-3-10(4-12(17)5-11)7-18-1-2-19-9-15(21)14(20)6-13(19)8-18;16-12-2-1-10(5-13(12)17)7-18-3-4-19-9-15(21)14(20)6-11(19)8-18/h1-4,9,12,15,22H,5-8,10-11H2;3-4,7-8,11,22H,2,5-6,9-10H2,1H3;3-5,8,11,21H,6-7,9-10H2,1-2H3;3-6,9,21H,1-2,7-8H2;1-2,5-6,9,21H,3-4,7-8H2. The highest BCUT2D eigenvalue weighted by Crippen LogP contribution is 2.40. The van der Waals surface area contributed by atoms with Crippen LogP contribution < -0.4 is 27.1 Å². The van der Waals surface area contributed by atoms with Gasteiger partial charge in [-0.3, -0.25) is 58.6 Å². The Labute approximate surface area is 649 Å². The van der Waals surface area contributed by atoms with Gasteiger partial charge < -0.3 is 48.4 Å². The summed E-state index contributed by atoms with van der Waals surface area (Å²) in [6, 6.07) is 39.4. The Bertz CT molecular complexity index is 5290. The van der Waals surface area contributed by atoms with E-state index in [4.69, 9.17) is 46.4 Å². The van der Waals surface area contributed by atoms with Crippen LogP contribution in [-0.2, 0) is 105 Å². The SMILES string of the molecule is CCc1ccc(CN2CCn3cc(O)c(=O)cc3C2)cc1[N+](=O)[O-].Cc1cccc(C)c1CN1CCn2cc(O)c(=O)cc2C1.O=c1cc2n(cc1O)CCN(Cc1cc(Cl)cc(Cl)c1)C2.O=c1cc2n(cc1O)CCN(Cc1ccc(C3CC3)cc1)C2.O=c1cc2n(cc1O)CCN(Cc1ccc(Cl)c(Cl)c1)C2. The van der Waals surface area contributed by atoms with Crippen LogP contribution in [-0.4, -0.2) is 111 Å². The number of nitro groups is 1. The van der Waals surface area contributed by atoms with Crippen LogP contribution in [0.4, 0.5) is 5.69 Å². The van der Waals surface area contributed by atoms with Gasteiger partial charge in [0.25, 0.3) is 5.69 Å². The average molecular weight is 1560 g/mol. The van der Waals surface area contributed by atoms with E-state index in [1.54, 1.807) is 42.7 Å². The number of aromatic hydroxyl groups is 5. The van der Waals surface area contributed by atoms with E-state index < -0.39 is 0 Å². The molecule has 5 N–H and O–H groups in total. The lowest BCUT2D eigenvalue weighted by atomic mass is 10.0. The van der Waals surface area contributed by atoms with Gasteiger partial charge in [-0.15, -0.1) is 0 Å². The normalized spacial score (nSPS) is 15.5. The maximum absolute atomic E-state index is 11.6. The molecule has 570 valence electrons. The quantitative estimate of drug-likeness (QED) is 0.0530. The molecule has 23 nitrogen and oxygen atoms in total. The second-order valence-corrected chi connectivity index (χ2v) is 30.3. The van der Waals surface area contributed by atoms with Crippen LogP contribution in [0.5, 0.6) is 28.7 Å². The predicted octanol–water partition coefficient (Wildman–Crippen LogP) is 12.4. The summed E-state index contributed by atoms with van der Waals surface area (Å²) in [4.78, 5) is 79.9. The zero-order chi connectivity index (χ0) is 77.3. The second-order valence-electron chi connectivity index (χ2n) is 28.6. The molecule has 0 unspecified atom stereocenters. The topological polar surface area (TPSA) is 270 Å². The number of hydrogen-bond donors (Lipinski definition) is 5. The van der Waals surface area contributed by atoms with Crippen LogP contribution in [0.3, 0.4) is 0 Å². The Kier molecular flexibility index (Phi) is 25.5. The molecule has 27 heteroatoms. The van der Waals surface area contributed by atoms with E-state index in [0.717, 1.165) is 155 Å². The van der Waals surface area contributed by atoms with Crippen molar-refractivity contribution in [2.75, 3.05) is 32.7 Å². The van der Waals surface area contributed by atoms with E-state index >= 15 is 0 Å². The number of rotatable bonds is 13. The molecule has 0 amide bonds. The summed E-state index contributed by atoms with van der Waals surface area (Å²) in [5.41, 5.74) is 13.6. The van der Waals surface area contributed by atoms with Crippen LogP contribution in [0.2, 0.25) is 20.1 Å². The lowest BCUT2D eigenvalue weighted by Gasteiger charge is -2.31. The minimum Gasteiger partial charge on any atom is -0.503 e. The van der Waals surface area contributed by atoms with Crippen molar-refractivity contribution in [1.82, 2.24) is 47.3 Å². The third-order valence-corrected chi connectivity index (χ3v) is 21.7. The first-order valence-corrected chi connectivity index (χ1v) is 37.8. The number of halogens is 4. The molecule has 10 aromatic rings. The molecule has 1 fully saturated rings. The second kappa shape index (κ2) is 35.3. The van der Waals surface area contributed by atoms with Crippen LogP contribution in [0, 0.1) is 24.0 Å². The highest BCUT2D eigenvalue weighted by atomic mass is 35.5. The van der Waals surface area contributed by atoms with E-state index in [1.165, 1.54) is 77.4 Å². The molecular formula is C82H87Cl4N11O12. The molecule has 1 aliphatic carbocycles.